The Balaban J connectivity index is 1.96. The van der Waals surface area contributed by atoms with E-state index in [-0.39, 0.29) is 6.54 Å². The molecule has 0 aliphatic heterocycles. The highest BCUT2D eigenvalue weighted by Crippen LogP contribution is 2.23. The SMILES string of the molecule is COc1cc(CNC(=O)C(=O)Nc2ccccc2N(C)C)ccn1. The van der Waals surface area contributed by atoms with Crippen molar-refractivity contribution in [2.45, 2.75) is 6.54 Å². The molecule has 0 radical (unpaired) electrons. The van der Waals surface area contributed by atoms with Crippen molar-refractivity contribution in [3.63, 3.8) is 0 Å². The Kier molecular flexibility index (Phi) is 5.73. The van der Waals surface area contributed by atoms with Crippen molar-refractivity contribution in [1.82, 2.24) is 10.3 Å². The lowest BCUT2D eigenvalue weighted by molar-refractivity contribution is -0.136. The van der Waals surface area contributed by atoms with Gasteiger partial charge in [0.1, 0.15) is 0 Å². The van der Waals surface area contributed by atoms with Crippen LogP contribution in [-0.2, 0) is 16.1 Å². The molecule has 0 fully saturated rings. The number of hydrogen-bond acceptors (Lipinski definition) is 5. The summed E-state index contributed by atoms with van der Waals surface area (Å²) in [5, 5.41) is 5.19. The molecule has 24 heavy (non-hydrogen) atoms. The molecule has 126 valence electrons. The van der Waals surface area contributed by atoms with Gasteiger partial charge in [0, 0.05) is 32.9 Å². The molecule has 0 atom stereocenters. The summed E-state index contributed by atoms with van der Waals surface area (Å²) in [5.41, 5.74) is 2.18. The van der Waals surface area contributed by atoms with Crippen LogP contribution in [0.4, 0.5) is 11.4 Å². The Bertz CT molecular complexity index is 731. The largest absolute Gasteiger partial charge is 0.481 e. The molecule has 1 aromatic carbocycles. The molecule has 0 aliphatic rings. The summed E-state index contributed by atoms with van der Waals surface area (Å²) in [6, 6.07) is 10.7. The van der Waals surface area contributed by atoms with Crippen LogP contribution in [0.3, 0.4) is 0 Å². The fourth-order valence-electron chi connectivity index (χ4n) is 2.08. The minimum absolute atomic E-state index is 0.209. The third-order valence-corrected chi connectivity index (χ3v) is 3.30. The number of carbonyl (C=O) groups excluding carboxylic acids is 2. The molecule has 1 aromatic heterocycles. The van der Waals surface area contributed by atoms with Gasteiger partial charge in [0.05, 0.1) is 18.5 Å². The molecular weight excluding hydrogens is 308 g/mol. The van der Waals surface area contributed by atoms with E-state index in [4.69, 9.17) is 4.74 Å². The first-order chi connectivity index (χ1) is 11.5. The molecule has 2 N–H and O–H groups in total. The summed E-state index contributed by atoms with van der Waals surface area (Å²) in [6.45, 7) is 0.209. The van der Waals surface area contributed by atoms with Gasteiger partial charge >= 0.3 is 11.8 Å². The highest BCUT2D eigenvalue weighted by molar-refractivity contribution is 6.39. The van der Waals surface area contributed by atoms with Crippen LogP contribution in [0, 0.1) is 0 Å². The number of ether oxygens (including phenoxy) is 1. The van der Waals surface area contributed by atoms with Gasteiger partial charge in [-0.15, -0.1) is 0 Å². The van der Waals surface area contributed by atoms with Crippen LogP contribution < -0.4 is 20.3 Å². The van der Waals surface area contributed by atoms with Crippen LogP contribution in [0.15, 0.2) is 42.6 Å². The minimum Gasteiger partial charge on any atom is -0.481 e. The molecule has 0 unspecified atom stereocenters. The van der Waals surface area contributed by atoms with Crippen molar-refractivity contribution in [3.8, 4) is 5.88 Å². The van der Waals surface area contributed by atoms with Crippen molar-refractivity contribution < 1.29 is 14.3 Å². The molecule has 0 bridgehead atoms. The molecule has 0 spiro atoms. The highest BCUT2D eigenvalue weighted by atomic mass is 16.5. The normalized spacial score (nSPS) is 9.96. The van der Waals surface area contributed by atoms with Crippen molar-refractivity contribution >= 4 is 23.2 Å². The predicted molar refractivity (Wildman–Crippen MR) is 92.0 cm³/mol. The molecule has 0 saturated heterocycles. The second-order valence-corrected chi connectivity index (χ2v) is 5.25. The minimum atomic E-state index is -0.717. The van der Waals surface area contributed by atoms with E-state index in [1.54, 1.807) is 30.5 Å². The predicted octanol–water partition coefficient (Wildman–Crippen LogP) is 1.41. The number of amides is 2. The topological polar surface area (TPSA) is 83.6 Å². The maximum atomic E-state index is 12.1. The van der Waals surface area contributed by atoms with Gasteiger partial charge in [-0.2, -0.15) is 0 Å². The van der Waals surface area contributed by atoms with Gasteiger partial charge in [-0.05, 0) is 23.8 Å². The molecule has 7 heteroatoms. The molecule has 2 amide bonds. The van der Waals surface area contributed by atoms with Crippen LogP contribution in [0.2, 0.25) is 0 Å². The summed E-state index contributed by atoms with van der Waals surface area (Å²) in [5.74, 6) is -0.976. The number of pyridine rings is 1. The fraction of sp³-hybridized carbons (Fsp3) is 0.235. The first-order valence-electron chi connectivity index (χ1n) is 7.35. The maximum Gasteiger partial charge on any atom is 0.313 e. The number of nitrogens with zero attached hydrogens (tertiary/aromatic N) is 2. The average molecular weight is 328 g/mol. The Labute approximate surface area is 140 Å². The Hall–Kier alpha value is -3.09. The van der Waals surface area contributed by atoms with Gasteiger partial charge in [-0.1, -0.05) is 12.1 Å². The van der Waals surface area contributed by atoms with Gasteiger partial charge in [-0.25, -0.2) is 4.98 Å². The monoisotopic (exact) mass is 328 g/mol. The second-order valence-electron chi connectivity index (χ2n) is 5.25. The van der Waals surface area contributed by atoms with E-state index in [9.17, 15) is 9.59 Å². The van der Waals surface area contributed by atoms with E-state index in [2.05, 4.69) is 15.6 Å². The van der Waals surface area contributed by atoms with E-state index in [0.717, 1.165) is 11.3 Å². The van der Waals surface area contributed by atoms with Crippen molar-refractivity contribution in [2.75, 3.05) is 31.4 Å². The number of rotatable bonds is 5. The number of benzene rings is 1. The summed E-state index contributed by atoms with van der Waals surface area (Å²) in [6.07, 6.45) is 1.58. The van der Waals surface area contributed by atoms with Gasteiger partial charge in [0.2, 0.25) is 5.88 Å². The fourth-order valence-corrected chi connectivity index (χ4v) is 2.08. The zero-order chi connectivity index (χ0) is 17.5. The lowest BCUT2D eigenvalue weighted by Crippen LogP contribution is -2.35. The number of nitrogens with one attached hydrogen (secondary N) is 2. The van der Waals surface area contributed by atoms with Crippen LogP contribution in [0.5, 0.6) is 5.88 Å². The smallest absolute Gasteiger partial charge is 0.313 e. The molecule has 0 saturated carbocycles. The number of hydrogen-bond donors (Lipinski definition) is 2. The third kappa shape index (κ3) is 4.45. The first kappa shape index (κ1) is 17.3. The number of anilines is 2. The van der Waals surface area contributed by atoms with Gasteiger partial charge in [-0.3, -0.25) is 9.59 Å². The van der Waals surface area contributed by atoms with Crippen LogP contribution in [-0.4, -0.2) is 38.0 Å². The number of para-hydroxylation sites is 2. The molecule has 1 heterocycles. The molecule has 0 aliphatic carbocycles. The summed E-state index contributed by atoms with van der Waals surface area (Å²) in [4.78, 5) is 29.9. The van der Waals surface area contributed by atoms with Crippen LogP contribution in [0.25, 0.3) is 0 Å². The Morgan fingerprint density at radius 3 is 2.62 bits per heavy atom. The standard InChI is InChI=1S/C17H20N4O3/c1-21(2)14-7-5-4-6-13(14)20-17(23)16(22)19-11-12-8-9-18-15(10-12)24-3/h4-10H,11H2,1-3H3,(H,19,22)(H,20,23). The van der Waals surface area contributed by atoms with Crippen LogP contribution in [0.1, 0.15) is 5.56 Å². The summed E-state index contributed by atoms with van der Waals surface area (Å²) in [7, 11) is 5.24. The van der Waals surface area contributed by atoms with Gasteiger partial charge < -0.3 is 20.3 Å². The summed E-state index contributed by atoms with van der Waals surface area (Å²) >= 11 is 0. The number of methoxy groups -OCH3 is 1. The maximum absolute atomic E-state index is 12.1. The quantitative estimate of drug-likeness (QED) is 0.811. The van der Waals surface area contributed by atoms with Gasteiger partial charge in [0.15, 0.2) is 0 Å². The second kappa shape index (κ2) is 7.96. The first-order valence-corrected chi connectivity index (χ1v) is 7.35. The third-order valence-electron chi connectivity index (χ3n) is 3.30. The van der Waals surface area contributed by atoms with Crippen LogP contribution >= 0.6 is 0 Å². The Morgan fingerprint density at radius 2 is 1.92 bits per heavy atom. The average Bonchev–Trinajstić information content (AvgIpc) is 2.60. The lowest BCUT2D eigenvalue weighted by atomic mass is 10.2. The van der Waals surface area contributed by atoms with E-state index < -0.39 is 11.8 Å². The molecule has 2 rings (SSSR count). The Morgan fingerprint density at radius 1 is 1.17 bits per heavy atom. The molecular formula is C17H20N4O3. The molecule has 2 aromatic rings. The zero-order valence-corrected chi connectivity index (χ0v) is 13.9. The van der Waals surface area contributed by atoms with Crippen molar-refractivity contribution in [1.29, 1.82) is 0 Å². The lowest BCUT2D eigenvalue weighted by Gasteiger charge is -2.17. The summed E-state index contributed by atoms with van der Waals surface area (Å²) < 4.78 is 5.02. The van der Waals surface area contributed by atoms with E-state index >= 15 is 0 Å². The van der Waals surface area contributed by atoms with Crippen molar-refractivity contribution in [3.05, 3.63) is 48.2 Å². The number of carbonyl (C=O) groups is 2. The van der Waals surface area contributed by atoms with E-state index in [1.165, 1.54) is 7.11 Å². The number of aromatic nitrogens is 1. The highest BCUT2D eigenvalue weighted by Gasteiger charge is 2.15. The van der Waals surface area contributed by atoms with E-state index in [0.29, 0.717) is 11.6 Å². The van der Waals surface area contributed by atoms with E-state index in [1.807, 2.05) is 31.1 Å². The molecule has 7 nitrogen and oxygen atoms in total. The zero-order valence-electron chi connectivity index (χ0n) is 13.9. The van der Waals surface area contributed by atoms with Crippen molar-refractivity contribution in [2.24, 2.45) is 0 Å². The van der Waals surface area contributed by atoms with Gasteiger partial charge in [0.25, 0.3) is 0 Å².